The summed E-state index contributed by atoms with van der Waals surface area (Å²) in [5.74, 6) is 0.655. The molecule has 0 amide bonds. The van der Waals surface area contributed by atoms with Gasteiger partial charge in [0.25, 0.3) is 0 Å². The van der Waals surface area contributed by atoms with Crippen molar-refractivity contribution in [3.05, 3.63) is 0 Å². The highest BCUT2D eigenvalue weighted by Crippen LogP contribution is 2.12. The SMILES string of the molecule is COCCC(C)NC1CCCS(=O)(=O)C1. The molecular weight excluding hydrogens is 214 g/mol. The third-order valence-corrected chi connectivity index (χ3v) is 4.56. The van der Waals surface area contributed by atoms with Gasteiger partial charge in [0.15, 0.2) is 9.84 Å². The maximum atomic E-state index is 11.4. The van der Waals surface area contributed by atoms with Crippen molar-refractivity contribution in [3.63, 3.8) is 0 Å². The highest BCUT2D eigenvalue weighted by molar-refractivity contribution is 7.91. The lowest BCUT2D eigenvalue weighted by Crippen LogP contribution is -2.44. The zero-order valence-corrected chi connectivity index (χ0v) is 10.3. The average Bonchev–Trinajstić information content (AvgIpc) is 2.13. The minimum Gasteiger partial charge on any atom is -0.385 e. The van der Waals surface area contributed by atoms with Crippen molar-refractivity contribution >= 4 is 9.84 Å². The summed E-state index contributed by atoms with van der Waals surface area (Å²) >= 11 is 0. The van der Waals surface area contributed by atoms with Crippen LogP contribution >= 0.6 is 0 Å². The summed E-state index contributed by atoms with van der Waals surface area (Å²) in [5.41, 5.74) is 0. The van der Waals surface area contributed by atoms with Gasteiger partial charge in [-0.05, 0) is 26.2 Å². The molecule has 90 valence electrons. The molecule has 15 heavy (non-hydrogen) atoms. The Morgan fingerprint density at radius 1 is 1.53 bits per heavy atom. The number of hydrogen-bond donors (Lipinski definition) is 1. The van der Waals surface area contributed by atoms with Gasteiger partial charge in [-0.15, -0.1) is 0 Å². The van der Waals surface area contributed by atoms with E-state index in [1.54, 1.807) is 7.11 Å². The van der Waals surface area contributed by atoms with Gasteiger partial charge in [0.05, 0.1) is 11.5 Å². The van der Waals surface area contributed by atoms with E-state index in [1.807, 2.05) is 0 Å². The molecule has 0 saturated carbocycles. The van der Waals surface area contributed by atoms with Gasteiger partial charge in [0, 0.05) is 25.8 Å². The Kier molecular flexibility index (Phi) is 5.02. The lowest BCUT2D eigenvalue weighted by Gasteiger charge is -2.26. The van der Waals surface area contributed by atoms with Gasteiger partial charge in [-0.25, -0.2) is 8.42 Å². The van der Waals surface area contributed by atoms with Crippen LogP contribution in [-0.2, 0) is 14.6 Å². The van der Waals surface area contributed by atoms with Crippen molar-refractivity contribution in [2.45, 2.75) is 38.3 Å². The monoisotopic (exact) mass is 235 g/mol. The van der Waals surface area contributed by atoms with E-state index in [0.717, 1.165) is 19.3 Å². The number of sulfone groups is 1. The molecule has 1 heterocycles. The van der Waals surface area contributed by atoms with Crippen molar-refractivity contribution in [2.24, 2.45) is 0 Å². The van der Waals surface area contributed by atoms with E-state index in [2.05, 4.69) is 12.2 Å². The van der Waals surface area contributed by atoms with Crippen molar-refractivity contribution in [3.8, 4) is 0 Å². The summed E-state index contributed by atoms with van der Waals surface area (Å²) in [6.45, 7) is 2.79. The standard InChI is InChI=1S/C10H21NO3S/c1-9(5-6-14-2)11-10-4-3-7-15(12,13)8-10/h9-11H,3-8H2,1-2H3. The fourth-order valence-electron chi connectivity index (χ4n) is 1.93. The molecule has 1 fully saturated rings. The van der Waals surface area contributed by atoms with Crippen molar-refractivity contribution in [1.29, 1.82) is 0 Å². The third-order valence-electron chi connectivity index (χ3n) is 2.74. The molecule has 1 rings (SSSR count). The number of methoxy groups -OCH3 is 1. The van der Waals surface area contributed by atoms with Crippen LogP contribution in [0.15, 0.2) is 0 Å². The number of nitrogens with one attached hydrogen (secondary N) is 1. The molecule has 1 aliphatic heterocycles. The lowest BCUT2D eigenvalue weighted by molar-refractivity contribution is 0.182. The van der Waals surface area contributed by atoms with Crippen molar-refractivity contribution in [2.75, 3.05) is 25.2 Å². The van der Waals surface area contributed by atoms with Crippen LogP contribution in [0.5, 0.6) is 0 Å². The molecule has 5 heteroatoms. The predicted molar refractivity (Wildman–Crippen MR) is 60.8 cm³/mol. The molecular formula is C10H21NO3S. The summed E-state index contributed by atoms with van der Waals surface area (Å²) in [6, 6.07) is 0.457. The van der Waals surface area contributed by atoms with Crippen LogP contribution in [0.3, 0.4) is 0 Å². The Morgan fingerprint density at radius 3 is 2.87 bits per heavy atom. The number of ether oxygens (including phenoxy) is 1. The molecule has 0 aliphatic carbocycles. The maximum Gasteiger partial charge on any atom is 0.151 e. The Bertz CT molecular complexity index is 276. The average molecular weight is 235 g/mol. The first-order valence-electron chi connectivity index (χ1n) is 5.49. The number of hydrogen-bond acceptors (Lipinski definition) is 4. The minimum atomic E-state index is -2.79. The van der Waals surface area contributed by atoms with E-state index in [9.17, 15) is 8.42 Å². The maximum absolute atomic E-state index is 11.4. The van der Waals surface area contributed by atoms with E-state index >= 15 is 0 Å². The molecule has 1 N–H and O–H groups in total. The Balaban J connectivity index is 2.31. The van der Waals surface area contributed by atoms with E-state index in [-0.39, 0.29) is 6.04 Å². The molecule has 0 aromatic heterocycles. The normalized spacial score (nSPS) is 27.5. The van der Waals surface area contributed by atoms with Gasteiger partial charge in [0.1, 0.15) is 0 Å². The molecule has 2 unspecified atom stereocenters. The van der Waals surface area contributed by atoms with Crippen LogP contribution in [0.2, 0.25) is 0 Å². The second-order valence-corrected chi connectivity index (χ2v) is 6.53. The van der Waals surface area contributed by atoms with E-state index in [4.69, 9.17) is 4.74 Å². The molecule has 0 bridgehead atoms. The second kappa shape index (κ2) is 5.82. The van der Waals surface area contributed by atoms with Crippen LogP contribution in [-0.4, -0.2) is 45.7 Å². The van der Waals surface area contributed by atoms with Gasteiger partial charge < -0.3 is 10.1 Å². The van der Waals surface area contributed by atoms with Crippen LogP contribution in [0.1, 0.15) is 26.2 Å². The molecule has 0 aromatic carbocycles. The Hall–Kier alpha value is -0.130. The zero-order chi connectivity index (χ0) is 11.3. The predicted octanol–water partition coefficient (Wildman–Crippen LogP) is 0.578. The molecule has 1 saturated heterocycles. The Labute approximate surface area is 92.3 Å². The smallest absolute Gasteiger partial charge is 0.151 e. The summed E-state index contributed by atoms with van der Waals surface area (Å²) in [7, 11) is -1.11. The fraction of sp³-hybridized carbons (Fsp3) is 1.00. The first-order chi connectivity index (χ1) is 7.03. The molecule has 1 aliphatic rings. The largest absolute Gasteiger partial charge is 0.385 e. The molecule has 2 atom stereocenters. The minimum absolute atomic E-state index is 0.135. The van der Waals surface area contributed by atoms with E-state index in [1.165, 1.54) is 0 Å². The molecule has 4 nitrogen and oxygen atoms in total. The third kappa shape index (κ3) is 4.95. The summed E-state index contributed by atoms with van der Waals surface area (Å²) in [6.07, 6.45) is 2.68. The van der Waals surface area contributed by atoms with Crippen LogP contribution in [0.25, 0.3) is 0 Å². The highest BCUT2D eigenvalue weighted by Gasteiger charge is 2.25. The highest BCUT2D eigenvalue weighted by atomic mass is 32.2. The van der Waals surface area contributed by atoms with Gasteiger partial charge in [-0.3, -0.25) is 0 Å². The fourth-order valence-corrected chi connectivity index (χ4v) is 3.58. The first-order valence-corrected chi connectivity index (χ1v) is 7.31. The zero-order valence-electron chi connectivity index (χ0n) is 9.53. The lowest BCUT2D eigenvalue weighted by atomic mass is 10.1. The molecule has 0 spiro atoms. The van der Waals surface area contributed by atoms with Gasteiger partial charge in [-0.1, -0.05) is 0 Å². The van der Waals surface area contributed by atoms with Crippen LogP contribution in [0.4, 0.5) is 0 Å². The second-order valence-electron chi connectivity index (χ2n) is 4.30. The topological polar surface area (TPSA) is 55.4 Å². The number of rotatable bonds is 5. The summed E-state index contributed by atoms with van der Waals surface area (Å²) in [5, 5.41) is 3.35. The summed E-state index contributed by atoms with van der Waals surface area (Å²) in [4.78, 5) is 0. The van der Waals surface area contributed by atoms with Crippen molar-refractivity contribution in [1.82, 2.24) is 5.32 Å². The molecule has 0 aromatic rings. The Morgan fingerprint density at radius 2 is 2.27 bits per heavy atom. The van der Waals surface area contributed by atoms with Gasteiger partial charge in [-0.2, -0.15) is 0 Å². The summed E-state index contributed by atoms with van der Waals surface area (Å²) < 4.78 is 27.8. The van der Waals surface area contributed by atoms with Crippen LogP contribution in [0, 0.1) is 0 Å². The van der Waals surface area contributed by atoms with Gasteiger partial charge >= 0.3 is 0 Å². The van der Waals surface area contributed by atoms with Crippen LogP contribution < -0.4 is 5.32 Å². The van der Waals surface area contributed by atoms with Gasteiger partial charge in [0.2, 0.25) is 0 Å². The first kappa shape index (κ1) is 12.9. The van der Waals surface area contributed by atoms with E-state index < -0.39 is 9.84 Å². The quantitative estimate of drug-likeness (QED) is 0.757. The molecule has 0 radical (unpaired) electrons. The van der Waals surface area contributed by atoms with Crippen molar-refractivity contribution < 1.29 is 13.2 Å². The van der Waals surface area contributed by atoms with E-state index in [0.29, 0.717) is 24.2 Å².